The Morgan fingerprint density at radius 3 is 2.44 bits per heavy atom. The lowest BCUT2D eigenvalue weighted by Gasteiger charge is -2.22. The summed E-state index contributed by atoms with van der Waals surface area (Å²) in [5, 5.41) is 0. The topological polar surface area (TPSA) is 43.8 Å². The van der Waals surface area contributed by atoms with Crippen LogP contribution in [0.1, 0.15) is 68.4 Å². The third kappa shape index (κ3) is 1.62. The van der Waals surface area contributed by atoms with Crippen molar-refractivity contribution in [2.24, 2.45) is 0 Å². The van der Waals surface area contributed by atoms with E-state index in [-0.39, 0.29) is 0 Å². The zero-order chi connectivity index (χ0) is 11.1. The molecule has 0 saturated heterocycles. The molecule has 2 saturated carbocycles. The van der Waals surface area contributed by atoms with E-state index in [1.165, 1.54) is 50.8 Å². The second kappa shape index (κ2) is 3.79. The number of nitrogens with two attached hydrogens (primary N) is 1. The van der Waals surface area contributed by atoms with Crippen molar-refractivity contribution < 1.29 is 0 Å². The number of hydrogen-bond acceptors (Lipinski definition) is 2. The lowest BCUT2D eigenvalue weighted by molar-refractivity contribution is 0.416. The Kier molecular flexibility index (Phi) is 2.41. The average Bonchev–Trinajstić information content (AvgIpc) is 3.09. The van der Waals surface area contributed by atoms with Crippen LogP contribution in [0.4, 0.5) is 5.82 Å². The maximum Gasteiger partial charge on any atom is 0.126 e. The zero-order valence-electron chi connectivity index (χ0n) is 10.1. The predicted octanol–water partition coefficient (Wildman–Crippen LogP) is 3.16. The smallest absolute Gasteiger partial charge is 0.126 e. The predicted molar refractivity (Wildman–Crippen MR) is 65.5 cm³/mol. The van der Waals surface area contributed by atoms with Gasteiger partial charge >= 0.3 is 0 Å². The van der Waals surface area contributed by atoms with E-state index in [1.54, 1.807) is 0 Å². The van der Waals surface area contributed by atoms with E-state index in [2.05, 4.69) is 4.57 Å². The minimum Gasteiger partial charge on any atom is -0.384 e. The largest absolute Gasteiger partial charge is 0.384 e. The van der Waals surface area contributed by atoms with Crippen molar-refractivity contribution >= 4 is 5.82 Å². The quantitative estimate of drug-likeness (QED) is 0.830. The van der Waals surface area contributed by atoms with Crippen LogP contribution in [-0.4, -0.2) is 9.55 Å². The SMILES string of the molecule is Cc1nc(C2CCCCC2)n(C2CC2)c1N. The highest BCUT2D eigenvalue weighted by Gasteiger charge is 2.32. The normalized spacial score (nSPS) is 22.6. The summed E-state index contributed by atoms with van der Waals surface area (Å²) in [6, 6.07) is 0.665. The first-order chi connectivity index (χ1) is 7.77. The molecule has 1 aromatic heterocycles. The number of rotatable bonds is 2. The van der Waals surface area contributed by atoms with Gasteiger partial charge in [-0.2, -0.15) is 0 Å². The number of nitrogen functional groups attached to an aromatic ring is 1. The van der Waals surface area contributed by atoms with Crippen LogP contribution in [0.2, 0.25) is 0 Å². The third-order valence-electron chi connectivity index (χ3n) is 4.04. The standard InChI is InChI=1S/C13H21N3/c1-9-12(14)16(11-7-8-11)13(15-9)10-5-3-2-4-6-10/h10-11H,2-8,14H2,1H3. The molecule has 2 aliphatic carbocycles. The fraction of sp³-hybridized carbons (Fsp3) is 0.769. The molecule has 2 fully saturated rings. The summed E-state index contributed by atoms with van der Waals surface area (Å²) in [4.78, 5) is 4.73. The summed E-state index contributed by atoms with van der Waals surface area (Å²) >= 11 is 0. The number of imidazole rings is 1. The van der Waals surface area contributed by atoms with Gasteiger partial charge in [-0.15, -0.1) is 0 Å². The summed E-state index contributed by atoms with van der Waals surface area (Å²) < 4.78 is 2.34. The number of hydrogen-bond donors (Lipinski definition) is 1. The number of nitrogens with zero attached hydrogens (tertiary/aromatic N) is 2. The van der Waals surface area contributed by atoms with Crippen molar-refractivity contribution in [2.45, 2.75) is 63.8 Å². The van der Waals surface area contributed by atoms with Crippen LogP contribution < -0.4 is 5.73 Å². The monoisotopic (exact) mass is 219 g/mol. The van der Waals surface area contributed by atoms with Gasteiger partial charge in [0.25, 0.3) is 0 Å². The summed E-state index contributed by atoms with van der Waals surface area (Å²) in [5.41, 5.74) is 7.19. The molecule has 0 atom stereocenters. The summed E-state index contributed by atoms with van der Waals surface area (Å²) in [6.07, 6.45) is 9.32. The molecular formula is C13H21N3. The van der Waals surface area contributed by atoms with Crippen LogP contribution in [0.25, 0.3) is 0 Å². The summed E-state index contributed by atoms with van der Waals surface area (Å²) in [6.45, 7) is 2.04. The minimum atomic E-state index is 0.665. The fourth-order valence-electron chi connectivity index (χ4n) is 2.95. The molecule has 3 heteroatoms. The number of aryl methyl sites for hydroxylation is 1. The first-order valence-electron chi connectivity index (χ1n) is 6.61. The molecule has 0 unspecified atom stereocenters. The van der Waals surface area contributed by atoms with E-state index in [4.69, 9.17) is 10.7 Å². The Bertz CT molecular complexity index is 384. The Morgan fingerprint density at radius 2 is 1.81 bits per heavy atom. The molecule has 3 nitrogen and oxygen atoms in total. The lowest BCUT2D eigenvalue weighted by Crippen LogP contribution is -2.12. The minimum absolute atomic E-state index is 0.665. The van der Waals surface area contributed by atoms with E-state index in [1.807, 2.05) is 6.92 Å². The molecular weight excluding hydrogens is 198 g/mol. The van der Waals surface area contributed by atoms with Gasteiger partial charge in [-0.1, -0.05) is 19.3 Å². The van der Waals surface area contributed by atoms with Crippen LogP contribution in [0.3, 0.4) is 0 Å². The number of aromatic nitrogens is 2. The van der Waals surface area contributed by atoms with Crippen LogP contribution in [0, 0.1) is 6.92 Å². The van der Waals surface area contributed by atoms with Gasteiger partial charge in [-0.05, 0) is 32.6 Å². The second-order valence-corrected chi connectivity index (χ2v) is 5.38. The van der Waals surface area contributed by atoms with Gasteiger partial charge in [0.05, 0.1) is 5.69 Å². The molecule has 16 heavy (non-hydrogen) atoms. The highest BCUT2D eigenvalue weighted by Crippen LogP contribution is 2.42. The molecule has 2 aliphatic rings. The molecule has 88 valence electrons. The number of anilines is 1. The van der Waals surface area contributed by atoms with Crippen molar-refractivity contribution in [1.82, 2.24) is 9.55 Å². The molecule has 1 aromatic rings. The maximum atomic E-state index is 6.15. The van der Waals surface area contributed by atoms with E-state index in [0.717, 1.165) is 11.5 Å². The van der Waals surface area contributed by atoms with Crippen molar-refractivity contribution in [1.29, 1.82) is 0 Å². The molecule has 0 bridgehead atoms. The van der Waals surface area contributed by atoms with Gasteiger partial charge < -0.3 is 10.3 Å². The van der Waals surface area contributed by atoms with Crippen LogP contribution >= 0.6 is 0 Å². The third-order valence-corrected chi connectivity index (χ3v) is 4.04. The summed E-state index contributed by atoms with van der Waals surface area (Å²) in [7, 11) is 0. The van der Waals surface area contributed by atoms with Gasteiger partial charge in [0.15, 0.2) is 0 Å². The van der Waals surface area contributed by atoms with Crippen molar-refractivity contribution in [2.75, 3.05) is 5.73 Å². The van der Waals surface area contributed by atoms with Gasteiger partial charge in [-0.3, -0.25) is 0 Å². The Hall–Kier alpha value is -0.990. The first kappa shape index (κ1) is 10.2. The van der Waals surface area contributed by atoms with Crippen molar-refractivity contribution in [3.8, 4) is 0 Å². The molecule has 0 aromatic carbocycles. The summed E-state index contributed by atoms with van der Waals surface area (Å²) in [5.74, 6) is 2.88. The molecule has 0 spiro atoms. The van der Waals surface area contributed by atoms with Crippen molar-refractivity contribution in [3.05, 3.63) is 11.5 Å². The second-order valence-electron chi connectivity index (χ2n) is 5.38. The van der Waals surface area contributed by atoms with Gasteiger partial charge in [0, 0.05) is 12.0 Å². The molecule has 2 N–H and O–H groups in total. The van der Waals surface area contributed by atoms with Crippen LogP contribution in [-0.2, 0) is 0 Å². The van der Waals surface area contributed by atoms with Crippen molar-refractivity contribution in [3.63, 3.8) is 0 Å². The first-order valence-corrected chi connectivity index (χ1v) is 6.61. The van der Waals surface area contributed by atoms with Crippen LogP contribution in [0.15, 0.2) is 0 Å². The van der Waals surface area contributed by atoms with Gasteiger partial charge in [0.1, 0.15) is 11.6 Å². The molecule has 0 aliphatic heterocycles. The van der Waals surface area contributed by atoms with Gasteiger partial charge in [-0.25, -0.2) is 4.98 Å². The molecule has 3 rings (SSSR count). The van der Waals surface area contributed by atoms with E-state index in [9.17, 15) is 0 Å². The zero-order valence-corrected chi connectivity index (χ0v) is 10.1. The Morgan fingerprint density at radius 1 is 1.12 bits per heavy atom. The van der Waals surface area contributed by atoms with Crippen LogP contribution in [0.5, 0.6) is 0 Å². The Labute approximate surface area is 97.0 Å². The Balaban J connectivity index is 1.95. The van der Waals surface area contributed by atoms with E-state index >= 15 is 0 Å². The highest BCUT2D eigenvalue weighted by atomic mass is 15.2. The lowest BCUT2D eigenvalue weighted by atomic mass is 9.88. The molecule has 0 amide bonds. The van der Waals surface area contributed by atoms with Gasteiger partial charge in [0.2, 0.25) is 0 Å². The molecule has 1 heterocycles. The van der Waals surface area contributed by atoms with E-state index < -0.39 is 0 Å². The van der Waals surface area contributed by atoms with E-state index in [0.29, 0.717) is 12.0 Å². The molecule has 0 radical (unpaired) electrons. The fourth-order valence-corrected chi connectivity index (χ4v) is 2.95. The highest BCUT2D eigenvalue weighted by molar-refractivity contribution is 5.39. The maximum absolute atomic E-state index is 6.15. The average molecular weight is 219 g/mol.